The summed E-state index contributed by atoms with van der Waals surface area (Å²) in [7, 11) is 0. The molecule has 1 aliphatic heterocycles. The van der Waals surface area contributed by atoms with E-state index in [2.05, 4.69) is 64.9 Å². The Balaban J connectivity index is 1.24. The Labute approximate surface area is 187 Å². The van der Waals surface area contributed by atoms with Crippen molar-refractivity contribution in [3.05, 3.63) is 65.5 Å². The van der Waals surface area contributed by atoms with Crippen molar-refractivity contribution in [1.82, 2.24) is 14.5 Å². The second kappa shape index (κ2) is 9.56. The fraction of sp³-hybridized carbons (Fsp3) is 0.536. The molecule has 2 heterocycles. The molecule has 2 aromatic carbocycles. The molecule has 31 heavy (non-hydrogen) atoms. The standard InChI is InChI=1S/C28H37N3/c1-22-11-13-24(14-12-22)21-31-27-10-6-5-9-26(27)29-28(31)16-15-25-17-18-30(20-25)19-23-7-3-2-4-8-23/h5-6,9-14,23,25H,2-4,7-8,15-21H2,1H3. The lowest BCUT2D eigenvalue weighted by Crippen LogP contribution is -2.28. The van der Waals surface area contributed by atoms with Gasteiger partial charge in [0.15, 0.2) is 0 Å². The maximum absolute atomic E-state index is 5.05. The van der Waals surface area contributed by atoms with E-state index in [0.29, 0.717) is 0 Å². The highest BCUT2D eigenvalue weighted by Gasteiger charge is 2.26. The molecule has 3 heteroatoms. The van der Waals surface area contributed by atoms with Gasteiger partial charge in [-0.2, -0.15) is 0 Å². The van der Waals surface area contributed by atoms with E-state index >= 15 is 0 Å². The Morgan fingerprint density at radius 2 is 1.71 bits per heavy atom. The molecule has 3 nitrogen and oxygen atoms in total. The average Bonchev–Trinajstić information content (AvgIpc) is 3.39. The number of hydrogen-bond acceptors (Lipinski definition) is 2. The molecule has 1 unspecified atom stereocenters. The van der Waals surface area contributed by atoms with Gasteiger partial charge >= 0.3 is 0 Å². The van der Waals surface area contributed by atoms with E-state index in [1.54, 1.807) is 0 Å². The van der Waals surface area contributed by atoms with Gasteiger partial charge in [-0.1, -0.05) is 61.2 Å². The van der Waals surface area contributed by atoms with Gasteiger partial charge in [0, 0.05) is 26.1 Å². The topological polar surface area (TPSA) is 21.1 Å². The third-order valence-corrected chi connectivity index (χ3v) is 7.58. The number of aromatic nitrogens is 2. The van der Waals surface area contributed by atoms with Crippen molar-refractivity contribution in [1.29, 1.82) is 0 Å². The van der Waals surface area contributed by atoms with E-state index in [0.717, 1.165) is 30.3 Å². The van der Waals surface area contributed by atoms with Crippen LogP contribution in [0.15, 0.2) is 48.5 Å². The summed E-state index contributed by atoms with van der Waals surface area (Å²) in [5.74, 6) is 3.05. The summed E-state index contributed by atoms with van der Waals surface area (Å²) < 4.78 is 2.45. The van der Waals surface area contributed by atoms with Crippen LogP contribution in [0, 0.1) is 18.8 Å². The first-order valence-corrected chi connectivity index (χ1v) is 12.5. The minimum atomic E-state index is 0.830. The van der Waals surface area contributed by atoms with E-state index in [1.165, 1.54) is 87.0 Å². The van der Waals surface area contributed by atoms with Crippen LogP contribution in [-0.2, 0) is 13.0 Å². The first kappa shape index (κ1) is 20.8. The van der Waals surface area contributed by atoms with E-state index in [1.807, 2.05) is 0 Å². The van der Waals surface area contributed by atoms with Crippen LogP contribution < -0.4 is 0 Å². The predicted octanol–water partition coefficient (Wildman–Crippen LogP) is 6.23. The number of fused-ring (bicyclic) bond motifs is 1. The first-order valence-electron chi connectivity index (χ1n) is 12.5. The maximum Gasteiger partial charge on any atom is 0.110 e. The summed E-state index contributed by atoms with van der Waals surface area (Å²) in [4.78, 5) is 7.81. The quantitative estimate of drug-likeness (QED) is 0.456. The molecule has 1 saturated heterocycles. The van der Waals surface area contributed by atoms with E-state index in [-0.39, 0.29) is 0 Å². The number of likely N-dealkylation sites (tertiary alicyclic amines) is 1. The number of aryl methyl sites for hydroxylation is 2. The van der Waals surface area contributed by atoms with Crippen LogP contribution in [0.4, 0.5) is 0 Å². The Morgan fingerprint density at radius 1 is 0.903 bits per heavy atom. The molecule has 0 amide bonds. The van der Waals surface area contributed by atoms with Gasteiger partial charge in [0.1, 0.15) is 5.82 Å². The molecule has 0 bridgehead atoms. The van der Waals surface area contributed by atoms with Crippen molar-refractivity contribution in [2.24, 2.45) is 11.8 Å². The highest BCUT2D eigenvalue weighted by Crippen LogP contribution is 2.28. The maximum atomic E-state index is 5.05. The monoisotopic (exact) mass is 415 g/mol. The summed E-state index contributed by atoms with van der Waals surface area (Å²) in [6.45, 7) is 7.02. The number of nitrogens with zero attached hydrogens (tertiary/aromatic N) is 3. The van der Waals surface area contributed by atoms with Crippen LogP contribution in [0.2, 0.25) is 0 Å². The third kappa shape index (κ3) is 5.03. The molecule has 1 aliphatic carbocycles. The van der Waals surface area contributed by atoms with Crippen molar-refractivity contribution >= 4 is 11.0 Å². The third-order valence-electron chi connectivity index (χ3n) is 7.58. The summed E-state index contributed by atoms with van der Waals surface area (Å²) >= 11 is 0. The van der Waals surface area contributed by atoms with Gasteiger partial charge in [0.2, 0.25) is 0 Å². The largest absolute Gasteiger partial charge is 0.323 e. The van der Waals surface area contributed by atoms with Crippen molar-refractivity contribution in [3.63, 3.8) is 0 Å². The summed E-state index contributed by atoms with van der Waals surface area (Å²) in [6.07, 6.45) is 11.0. The average molecular weight is 416 g/mol. The van der Waals surface area contributed by atoms with Gasteiger partial charge in [-0.25, -0.2) is 4.98 Å². The summed E-state index contributed by atoms with van der Waals surface area (Å²) in [6, 6.07) is 17.6. The normalized spacial score (nSPS) is 20.6. The first-order chi connectivity index (χ1) is 15.2. The summed E-state index contributed by atoms with van der Waals surface area (Å²) in [5.41, 5.74) is 5.08. The lowest BCUT2D eigenvalue weighted by molar-refractivity contribution is 0.227. The van der Waals surface area contributed by atoms with Crippen molar-refractivity contribution in [3.8, 4) is 0 Å². The minimum Gasteiger partial charge on any atom is -0.323 e. The SMILES string of the molecule is Cc1ccc(Cn2c(CCC3CCN(CC4CCCCC4)C3)nc3ccccc32)cc1. The highest BCUT2D eigenvalue weighted by molar-refractivity contribution is 5.76. The van der Waals surface area contributed by atoms with E-state index in [4.69, 9.17) is 4.98 Å². The van der Waals surface area contributed by atoms with Gasteiger partial charge in [0.05, 0.1) is 11.0 Å². The number of imidazole rings is 1. The molecular formula is C28H37N3. The lowest BCUT2D eigenvalue weighted by Gasteiger charge is -2.26. The molecule has 1 atom stereocenters. The van der Waals surface area contributed by atoms with Gasteiger partial charge in [-0.15, -0.1) is 0 Å². The lowest BCUT2D eigenvalue weighted by atomic mass is 9.89. The van der Waals surface area contributed by atoms with Gasteiger partial charge < -0.3 is 9.47 Å². The Bertz CT molecular complexity index is 981. The number of para-hydroxylation sites is 2. The zero-order chi connectivity index (χ0) is 21.0. The molecule has 0 N–H and O–H groups in total. The molecule has 3 aromatic rings. The summed E-state index contributed by atoms with van der Waals surface area (Å²) in [5, 5.41) is 0. The Morgan fingerprint density at radius 3 is 2.55 bits per heavy atom. The Hall–Kier alpha value is -2.13. The van der Waals surface area contributed by atoms with E-state index in [9.17, 15) is 0 Å². The molecular weight excluding hydrogens is 378 g/mol. The zero-order valence-electron chi connectivity index (χ0n) is 19.1. The van der Waals surface area contributed by atoms with Gasteiger partial charge in [0.25, 0.3) is 0 Å². The predicted molar refractivity (Wildman–Crippen MR) is 129 cm³/mol. The fourth-order valence-corrected chi connectivity index (χ4v) is 5.75. The molecule has 0 radical (unpaired) electrons. The van der Waals surface area contributed by atoms with Crippen LogP contribution in [0.1, 0.15) is 61.9 Å². The van der Waals surface area contributed by atoms with Gasteiger partial charge in [-0.3, -0.25) is 0 Å². The van der Waals surface area contributed by atoms with Crippen LogP contribution in [-0.4, -0.2) is 34.1 Å². The molecule has 2 fully saturated rings. The second-order valence-electron chi connectivity index (χ2n) is 10.0. The number of rotatable bonds is 7. The fourth-order valence-electron chi connectivity index (χ4n) is 5.75. The van der Waals surface area contributed by atoms with Crippen LogP contribution in [0.3, 0.4) is 0 Å². The van der Waals surface area contributed by atoms with Crippen molar-refractivity contribution in [2.45, 2.75) is 64.8 Å². The minimum absolute atomic E-state index is 0.830. The second-order valence-corrected chi connectivity index (χ2v) is 10.0. The molecule has 1 saturated carbocycles. The Kier molecular flexibility index (Phi) is 6.40. The highest BCUT2D eigenvalue weighted by atomic mass is 15.1. The smallest absolute Gasteiger partial charge is 0.110 e. The van der Waals surface area contributed by atoms with Crippen LogP contribution in [0.25, 0.3) is 11.0 Å². The van der Waals surface area contributed by atoms with Gasteiger partial charge in [-0.05, 0) is 68.7 Å². The molecule has 164 valence electrons. The van der Waals surface area contributed by atoms with Crippen molar-refractivity contribution < 1.29 is 0 Å². The molecule has 5 rings (SSSR count). The van der Waals surface area contributed by atoms with Crippen LogP contribution in [0.5, 0.6) is 0 Å². The zero-order valence-corrected chi connectivity index (χ0v) is 19.1. The molecule has 1 aromatic heterocycles. The van der Waals surface area contributed by atoms with Crippen LogP contribution >= 0.6 is 0 Å². The number of hydrogen-bond donors (Lipinski definition) is 0. The molecule has 2 aliphatic rings. The van der Waals surface area contributed by atoms with Crippen molar-refractivity contribution in [2.75, 3.05) is 19.6 Å². The number of benzene rings is 2. The molecule has 0 spiro atoms. The van der Waals surface area contributed by atoms with E-state index < -0.39 is 0 Å².